The lowest BCUT2D eigenvalue weighted by molar-refractivity contribution is 0.448. The van der Waals surface area contributed by atoms with Crippen LogP contribution >= 0.6 is 15.9 Å². The molecule has 5 heteroatoms. The molecule has 2 rings (SSSR count). The van der Waals surface area contributed by atoms with E-state index in [1.54, 1.807) is 18.3 Å². The third-order valence-electron chi connectivity index (χ3n) is 2.79. The van der Waals surface area contributed by atoms with Gasteiger partial charge in [-0.25, -0.2) is 9.37 Å². The molecule has 0 atom stereocenters. The van der Waals surface area contributed by atoms with Crippen LogP contribution in [0.25, 0.3) is 0 Å². The Morgan fingerprint density at radius 1 is 1.29 bits per heavy atom. The van der Waals surface area contributed by atoms with Crippen molar-refractivity contribution in [2.24, 2.45) is 5.92 Å². The molecule has 0 radical (unpaired) electrons. The van der Waals surface area contributed by atoms with E-state index in [9.17, 15) is 4.39 Å². The summed E-state index contributed by atoms with van der Waals surface area (Å²) in [6.07, 6.45) is 1.69. The van der Waals surface area contributed by atoms with Crippen molar-refractivity contribution in [2.45, 2.75) is 20.4 Å². The maximum Gasteiger partial charge on any atom is 0.223 e. The Morgan fingerprint density at radius 2 is 2.00 bits per heavy atom. The van der Waals surface area contributed by atoms with Gasteiger partial charge in [-0.3, -0.25) is 0 Å². The Kier molecular flexibility index (Phi) is 5.70. The standard InChI is InChI=1S/C16H18BrFN2O/c1-11(2)8-19-9-12-7-13(17)10-20-16(12)21-15-5-3-14(18)4-6-15/h3-7,10-11,19H,8-9H2,1-2H3. The summed E-state index contributed by atoms with van der Waals surface area (Å²) in [4.78, 5) is 4.29. The van der Waals surface area contributed by atoms with E-state index in [0.29, 0.717) is 24.1 Å². The highest BCUT2D eigenvalue weighted by Gasteiger charge is 2.08. The molecule has 0 unspecified atom stereocenters. The zero-order chi connectivity index (χ0) is 15.2. The summed E-state index contributed by atoms with van der Waals surface area (Å²) in [7, 11) is 0. The van der Waals surface area contributed by atoms with Crippen LogP contribution in [-0.2, 0) is 6.54 Å². The Bertz CT molecular complexity index is 587. The normalized spacial score (nSPS) is 10.9. The van der Waals surface area contributed by atoms with Crippen LogP contribution in [0.15, 0.2) is 41.0 Å². The molecule has 0 saturated heterocycles. The topological polar surface area (TPSA) is 34.2 Å². The van der Waals surface area contributed by atoms with E-state index in [1.165, 1.54) is 12.1 Å². The largest absolute Gasteiger partial charge is 0.439 e. The zero-order valence-corrected chi connectivity index (χ0v) is 13.7. The zero-order valence-electron chi connectivity index (χ0n) is 12.1. The van der Waals surface area contributed by atoms with Crippen LogP contribution in [0.4, 0.5) is 4.39 Å². The summed E-state index contributed by atoms with van der Waals surface area (Å²) in [5, 5.41) is 3.36. The second-order valence-corrected chi connectivity index (χ2v) is 6.11. The average Bonchev–Trinajstić information content (AvgIpc) is 2.43. The van der Waals surface area contributed by atoms with Crippen molar-refractivity contribution in [3.05, 3.63) is 52.4 Å². The van der Waals surface area contributed by atoms with Gasteiger partial charge in [-0.05, 0) is 58.7 Å². The van der Waals surface area contributed by atoms with Crippen molar-refractivity contribution in [1.29, 1.82) is 0 Å². The van der Waals surface area contributed by atoms with Crippen LogP contribution in [0.1, 0.15) is 19.4 Å². The van der Waals surface area contributed by atoms with Crippen molar-refractivity contribution in [3.8, 4) is 11.6 Å². The number of rotatable bonds is 6. The Labute approximate surface area is 132 Å². The Morgan fingerprint density at radius 3 is 2.67 bits per heavy atom. The molecule has 1 N–H and O–H groups in total. The fourth-order valence-corrected chi connectivity index (χ4v) is 2.18. The molecule has 0 bridgehead atoms. The van der Waals surface area contributed by atoms with Crippen LogP contribution in [0, 0.1) is 11.7 Å². The third kappa shape index (κ3) is 5.10. The van der Waals surface area contributed by atoms with E-state index in [0.717, 1.165) is 16.6 Å². The van der Waals surface area contributed by atoms with E-state index in [-0.39, 0.29) is 5.82 Å². The summed E-state index contributed by atoms with van der Waals surface area (Å²) >= 11 is 3.42. The lowest BCUT2D eigenvalue weighted by Gasteiger charge is -2.12. The van der Waals surface area contributed by atoms with Crippen molar-refractivity contribution in [1.82, 2.24) is 10.3 Å². The molecular weight excluding hydrogens is 335 g/mol. The van der Waals surface area contributed by atoms with Gasteiger partial charge in [0.05, 0.1) is 0 Å². The molecule has 0 saturated carbocycles. The third-order valence-corrected chi connectivity index (χ3v) is 3.22. The quantitative estimate of drug-likeness (QED) is 0.829. The number of nitrogens with zero attached hydrogens (tertiary/aromatic N) is 1. The van der Waals surface area contributed by atoms with Crippen LogP contribution in [-0.4, -0.2) is 11.5 Å². The van der Waals surface area contributed by atoms with Crippen molar-refractivity contribution in [3.63, 3.8) is 0 Å². The molecule has 1 aromatic heterocycles. The van der Waals surface area contributed by atoms with Crippen molar-refractivity contribution in [2.75, 3.05) is 6.54 Å². The summed E-state index contributed by atoms with van der Waals surface area (Å²) < 4.78 is 19.5. The highest BCUT2D eigenvalue weighted by Crippen LogP contribution is 2.25. The van der Waals surface area contributed by atoms with Gasteiger partial charge >= 0.3 is 0 Å². The average molecular weight is 353 g/mol. The van der Waals surface area contributed by atoms with Gasteiger partial charge in [0.2, 0.25) is 5.88 Å². The highest BCUT2D eigenvalue weighted by molar-refractivity contribution is 9.10. The number of ether oxygens (including phenoxy) is 1. The molecule has 0 fully saturated rings. The van der Waals surface area contributed by atoms with Crippen molar-refractivity contribution >= 4 is 15.9 Å². The maximum absolute atomic E-state index is 12.9. The lowest BCUT2D eigenvalue weighted by Crippen LogP contribution is -2.19. The smallest absolute Gasteiger partial charge is 0.223 e. The highest BCUT2D eigenvalue weighted by atomic mass is 79.9. The molecule has 0 amide bonds. The first kappa shape index (κ1) is 15.9. The second kappa shape index (κ2) is 7.52. The first-order chi connectivity index (χ1) is 10.0. The van der Waals surface area contributed by atoms with Crippen molar-refractivity contribution < 1.29 is 9.13 Å². The molecule has 0 spiro atoms. The number of hydrogen-bond acceptors (Lipinski definition) is 3. The molecule has 2 aromatic rings. The molecular formula is C16H18BrFN2O. The predicted molar refractivity (Wildman–Crippen MR) is 85.0 cm³/mol. The maximum atomic E-state index is 12.9. The summed E-state index contributed by atoms with van der Waals surface area (Å²) in [5.74, 6) is 1.38. The van der Waals surface area contributed by atoms with Gasteiger partial charge in [-0.2, -0.15) is 0 Å². The number of pyridine rings is 1. The first-order valence-corrected chi connectivity index (χ1v) is 7.62. The van der Waals surface area contributed by atoms with E-state index in [2.05, 4.69) is 40.1 Å². The van der Waals surface area contributed by atoms with Gasteiger partial charge in [-0.1, -0.05) is 13.8 Å². The minimum atomic E-state index is -0.287. The molecule has 3 nitrogen and oxygen atoms in total. The number of nitrogens with one attached hydrogen (secondary N) is 1. The van der Waals surface area contributed by atoms with Gasteiger partial charge in [0.1, 0.15) is 11.6 Å². The summed E-state index contributed by atoms with van der Waals surface area (Å²) in [6, 6.07) is 7.88. The Hall–Kier alpha value is -1.46. The molecule has 1 aromatic carbocycles. The van der Waals surface area contributed by atoms with E-state index in [1.807, 2.05) is 6.07 Å². The number of aromatic nitrogens is 1. The van der Waals surface area contributed by atoms with Crippen LogP contribution < -0.4 is 10.1 Å². The van der Waals surface area contributed by atoms with Gasteiger partial charge in [0.25, 0.3) is 0 Å². The molecule has 0 aliphatic heterocycles. The van der Waals surface area contributed by atoms with Gasteiger partial charge in [0.15, 0.2) is 0 Å². The monoisotopic (exact) mass is 352 g/mol. The summed E-state index contributed by atoms with van der Waals surface area (Å²) in [6.45, 7) is 5.90. The molecule has 0 aliphatic carbocycles. The fourth-order valence-electron chi connectivity index (χ4n) is 1.80. The van der Waals surface area contributed by atoms with E-state index in [4.69, 9.17) is 4.74 Å². The van der Waals surface area contributed by atoms with Crippen LogP contribution in [0.5, 0.6) is 11.6 Å². The lowest BCUT2D eigenvalue weighted by atomic mass is 10.2. The molecule has 21 heavy (non-hydrogen) atoms. The number of halogens is 2. The van der Waals surface area contributed by atoms with Gasteiger partial charge < -0.3 is 10.1 Å². The van der Waals surface area contributed by atoms with Crippen LogP contribution in [0.3, 0.4) is 0 Å². The minimum Gasteiger partial charge on any atom is -0.439 e. The fraction of sp³-hybridized carbons (Fsp3) is 0.312. The predicted octanol–water partition coefficient (Wildman–Crippen LogP) is 4.52. The number of hydrogen-bond donors (Lipinski definition) is 1. The van der Waals surface area contributed by atoms with E-state index >= 15 is 0 Å². The molecule has 0 aliphatic rings. The van der Waals surface area contributed by atoms with Crippen LogP contribution in [0.2, 0.25) is 0 Å². The molecule has 1 heterocycles. The minimum absolute atomic E-state index is 0.287. The summed E-state index contributed by atoms with van der Waals surface area (Å²) in [5.41, 5.74) is 0.953. The van der Waals surface area contributed by atoms with Gasteiger partial charge in [-0.15, -0.1) is 0 Å². The van der Waals surface area contributed by atoms with Gasteiger partial charge in [0, 0.05) is 22.8 Å². The number of benzene rings is 1. The SMILES string of the molecule is CC(C)CNCc1cc(Br)cnc1Oc1ccc(F)cc1. The van der Waals surface area contributed by atoms with E-state index < -0.39 is 0 Å². The first-order valence-electron chi connectivity index (χ1n) is 6.83. The molecule has 112 valence electrons. The Balaban J connectivity index is 2.12. The second-order valence-electron chi connectivity index (χ2n) is 5.20.